The number of anilines is 1. The number of allylic oxidation sites excluding steroid dienone is 1. The van der Waals surface area contributed by atoms with Gasteiger partial charge in [-0.15, -0.1) is 0 Å². The number of nitrogens with zero attached hydrogens (tertiary/aromatic N) is 1. The number of rotatable bonds is 5. The molecule has 1 aromatic heterocycles. The molecule has 6 rings (SSSR count). The zero-order chi connectivity index (χ0) is 27.9. The van der Waals surface area contributed by atoms with Gasteiger partial charge < -0.3 is 4.42 Å². The highest BCUT2D eigenvalue weighted by molar-refractivity contribution is 7.92. The van der Waals surface area contributed by atoms with E-state index in [4.69, 9.17) is 4.42 Å². The largest absolute Gasteiger partial charge is 0.458 e. The fraction of sp³-hybridized carbons (Fsp3) is 0.147. The van der Waals surface area contributed by atoms with Crippen LogP contribution in [0.5, 0.6) is 0 Å². The molecule has 0 bridgehead atoms. The highest BCUT2D eigenvalue weighted by atomic mass is 32.2. The molecule has 0 saturated carbocycles. The van der Waals surface area contributed by atoms with Gasteiger partial charge in [-0.25, -0.2) is 8.42 Å². The highest BCUT2D eigenvalue weighted by Crippen LogP contribution is 2.46. The first kappa shape index (κ1) is 25.8. The Kier molecular flexibility index (Phi) is 6.64. The van der Waals surface area contributed by atoms with E-state index in [1.165, 1.54) is 4.31 Å². The maximum atomic E-state index is 14.4. The van der Waals surface area contributed by atoms with Crippen LogP contribution < -0.4 is 4.31 Å². The number of ketones is 1. The van der Waals surface area contributed by atoms with Crippen LogP contribution in [0.4, 0.5) is 5.69 Å². The third-order valence-electron chi connectivity index (χ3n) is 7.58. The monoisotopic (exact) mass is 547 g/mol. The van der Waals surface area contributed by atoms with Crippen molar-refractivity contribution in [1.82, 2.24) is 0 Å². The molecule has 200 valence electrons. The third kappa shape index (κ3) is 4.54. The molecule has 0 amide bonds. The second-order valence-corrected chi connectivity index (χ2v) is 12.1. The van der Waals surface area contributed by atoms with E-state index in [2.05, 4.69) is 0 Å². The Morgan fingerprint density at radius 2 is 1.50 bits per heavy atom. The maximum Gasteiger partial charge on any atom is 0.264 e. The van der Waals surface area contributed by atoms with E-state index in [0.717, 1.165) is 16.7 Å². The van der Waals surface area contributed by atoms with Crippen molar-refractivity contribution in [2.45, 2.75) is 31.1 Å². The molecular formula is C34H29NO4S. The van der Waals surface area contributed by atoms with Crippen LogP contribution in [-0.2, 0) is 10.0 Å². The van der Waals surface area contributed by atoms with Crippen LogP contribution >= 0.6 is 0 Å². The molecule has 0 spiro atoms. The van der Waals surface area contributed by atoms with E-state index in [-0.39, 0.29) is 23.1 Å². The lowest BCUT2D eigenvalue weighted by molar-refractivity contribution is 0.103. The van der Waals surface area contributed by atoms with E-state index in [1.807, 2.05) is 86.7 Å². The molecule has 0 N–H and O–H groups in total. The lowest BCUT2D eigenvalue weighted by Gasteiger charge is -2.30. The first-order chi connectivity index (χ1) is 19.3. The second kappa shape index (κ2) is 10.3. The number of carbonyl (C=O) groups excluding carboxylic acids is 1. The van der Waals surface area contributed by atoms with Crippen molar-refractivity contribution < 1.29 is 17.6 Å². The lowest BCUT2D eigenvalue weighted by atomic mass is 9.86. The third-order valence-corrected chi connectivity index (χ3v) is 9.34. The summed E-state index contributed by atoms with van der Waals surface area (Å²) < 4.78 is 36.7. The number of carbonyl (C=O) groups is 1. The lowest BCUT2D eigenvalue weighted by Crippen LogP contribution is -2.36. The van der Waals surface area contributed by atoms with Crippen molar-refractivity contribution in [3.05, 3.63) is 143 Å². The van der Waals surface area contributed by atoms with Crippen molar-refractivity contribution in [2.75, 3.05) is 10.8 Å². The molecule has 5 nitrogen and oxygen atoms in total. The van der Waals surface area contributed by atoms with Crippen LogP contribution in [0.15, 0.2) is 124 Å². The maximum absolute atomic E-state index is 14.4. The molecule has 4 aromatic carbocycles. The van der Waals surface area contributed by atoms with Gasteiger partial charge in [-0.05, 0) is 55.7 Å². The van der Waals surface area contributed by atoms with E-state index in [1.54, 1.807) is 36.4 Å². The molecule has 0 fully saturated rings. The van der Waals surface area contributed by atoms with Gasteiger partial charge in [0.05, 0.1) is 11.4 Å². The number of fused-ring (bicyclic) bond motifs is 3. The number of benzene rings is 4. The number of aryl methyl sites for hydroxylation is 2. The molecule has 2 heterocycles. The smallest absolute Gasteiger partial charge is 0.264 e. The molecule has 40 heavy (non-hydrogen) atoms. The predicted octanol–water partition coefficient (Wildman–Crippen LogP) is 7.59. The first-order valence-electron chi connectivity index (χ1n) is 13.3. The summed E-state index contributed by atoms with van der Waals surface area (Å²) in [5, 5.41) is 0.695. The van der Waals surface area contributed by atoms with E-state index >= 15 is 0 Å². The second-order valence-electron chi connectivity index (χ2n) is 10.2. The summed E-state index contributed by atoms with van der Waals surface area (Å²) in [4.78, 5) is 14.0. The molecule has 0 unspecified atom stereocenters. The zero-order valence-corrected chi connectivity index (χ0v) is 23.2. The summed E-state index contributed by atoms with van der Waals surface area (Å²) in [6.45, 7) is 3.85. The average molecular weight is 548 g/mol. The van der Waals surface area contributed by atoms with Gasteiger partial charge in [0.15, 0.2) is 5.78 Å². The minimum Gasteiger partial charge on any atom is -0.458 e. The number of hydrogen-bond donors (Lipinski definition) is 0. The Morgan fingerprint density at radius 1 is 0.825 bits per heavy atom. The molecule has 1 aliphatic rings. The summed E-state index contributed by atoms with van der Waals surface area (Å²) >= 11 is 0. The number of sulfonamides is 1. The summed E-state index contributed by atoms with van der Waals surface area (Å²) in [6.07, 6.45) is 2.38. The summed E-state index contributed by atoms with van der Waals surface area (Å²) in [6, 6.07) is 31.4. The number of para-hydroxylation sites is 1. The van der Waals surface area contributed by atoms with Gasteiger partial charge in [-0.2, -0.15) is 0 Å². The Balaban J connectivity index is 1.63. The van der Waals surface area contributed by atoms with Crippen LogP contribution in [0.1, 0.15) is 45.1 Å². The molecule has 1 aliphatic heterocycles. The molecule has 0 radical (unpaired) electrons. The highest BCUT2D eigenvalue weighted by Gasteiger charge is 2.37. The van der Waals surface area contributed by atoms with Crippen LogP contribution in [-0.4, -0.2) is 20.7 Å². The number of furan rings is 1. The Morgan fingerprint density at radius 3 is 2.25 bits per heavy atom. The van der Waals surface area contributed by atoms with Crippen molar-refractivity contribution in [3.8, 4) is 0 Å². The first-order valence-corrected chi connectivity index (χ1v) is 14.7. The fourth-order valence-corrected chi connectivity index (χ4v) is 6.91. The summed E-state index contributed by atoms with van der Waals surface area (Å²) in [7, 11) is -4.08. The molecule has 6 heteroatoms. The van der Waals surface area contributed by atoms with E-state index < -0.39 is 10.0 Å². The van der Waals surface area contributed by atoms with Crippen LogP contribution in [0.25, 0.3) is 11.0 Å². The summed E-state index contributed by atoms with van der Waals surface area (Å²) in [5.74, 6) is 0.0938. The standard InChI is InChI=1S/C34H29NO4S/c1-23-16-19-27(20-17-23)40(37,38)35-22-26(33(36)25-11-4-3-5-12-25)18-21-29(28-13-7-6-10-24(28)2)34-32(35)30-14-8-9-15-31(30)39-34/h3-20,29H,21-22H2,1-2H3/b26-18+/t29-/m0/s1. The van der Waals surface area contributed by atoms with Crippen LogP contribution in [0.2, 0.25) is 0 Å². The Hall–Kier alpha value is -4.42. The van der Waals surface area contributed by atoms with E-state index in [9.17, 15) is 13.2 Å². The fourth-order valence-electron chi connectivity index (χ4n) is 5.44. The van der Waals surface area contributed by atoms with Gasteiger partial charge >= 0.3 is 0 Å². The van der Waals surface area contributed by atoms with Crippen molar-refractivity contribution in [1.29, 1.82) is 0 Å². The summed E-state index contributed by atoms with van der Waals surface area (Å²) in [5.41, 5.74) is 5.09. The van der Waals surface area contributed by atoms with Gasteiger partial charge in [0.25, 0.3) is 10.0 Å². The number of hydrogen-bond acceptors (Lipinski definition) is 4. The number of Topliss-reactive ketones (excluding diaryl/α,β-unsaturated/α-hetero) is 1. The molecule has 5 aromatic rings. The van der Waals surface area contributed by atoms with Gasteiger partial charge in [-0.3, -0.25) is 9.10 Å². The van der Waals surface area contributed by atoms with E-state index in [0.29, 0.717) is 40.0 Å². The predicted molar refractivity (Wildman–Crippen MR) is 158 cm³/mol. The van der Waals surface area contributed by atoms with Crippen molar-refractivity contribution in [3.63, 3.8) is 0 Å². The molecule has 1 atom stereocenters. The van der Waals surface area contributed by atoms with Crippen molar-refractivity contribution >= 4 is 32.5 Å². The topological polar surface area (TPSA) is 67.6 Å². The minimum atomic E-state index is -4.08. The van der Waals surface area contributed by atoms with Gasteiger partial charge in [-0.1, -0.05) is 90.5 Å². The molecular weight excluding hydrogens is 518 g/mol. The minimum absolute atomic E-state index is 0.110. The SMILES string of the molecule is Cc1ccc(S(=O)(=O)N2C/C(C(=O)c3ccccc3)=C\C[C@@H](c3ccccc3C)c3oc4ccccc4c32)cc1. The Bertz CT molecular complexity index is 1850. The molecule has 0 saturated heterocycles. The van der Waals surface area contributed by atoms with Gasteiger partial charge in [0, 0.05) is 22.4 Å². The average Bonchev–Trinajstić information content (AvgIpc) is 3.33. The van der Waals surface area contributed by atoms with Gasteiger partial charge in [0.2, 0.25) is 0 Å². The zero-order valence-electron chi connectivity index (χ0n) is 22.4. The normalized spacial score (nSPS) is 17.0. The van der Waals surface area contributed by atoms with Gasteiger partial charge in [0.1, 0.15) is 17.0 Å². The van der Waals surface area contributed by atoms with Crippen molar-refractivity contribution in [2.24, 2.45) is 0 Å². The molecule has 0 aliphatic carbocycles. The van der Waals surface area contributed by atoms with Crippen LogP contribution in [0, 0.1) is 13.8 Å². The van der Waals surface area contributed by atoms with Crippen LogP contribution in [0.3, 0.4) is 0 Å². The quantitative estimate of drug-likeness (QED) is 0.213. The Labute approximate surface area is 234 Å².